The third-order valence-corrected chi connectivity index (χ3v) is 4.66. The van der Waals surface area contributed by atoms with Crippen LogP contribution in [0.4, 0.5) is 0 Å². The highest BCUT2D eigenvalue weighted by Gasteiger charge is 2.29. The van der Waals surface area contributed by atoms with E-state index in [0.29, 0.717) is 29.6 Å². The van der Waals surface area contributed by atoms with Gasteiger partial charge in [-0.2, -0.15) is 4.98 Å². The van der Waals surface area contributed by atoms with Gasteiger partial charge in [0.05, 0.1) is 12.3 Å². The van der Waals surface area contributed by atoms with E-state index >= 15 is 0 Å². The van der Waals surface area contributed by atoms with Crippen molar-refractivity contribution in [2.75, 3.05) is 13.1 Å². The zero-order valence-electron chi connectivity index (χ0n) is 14.5. The number of aromatic nitrogens is 4. The zero-order valence-corrected chi connectivity index (χ0v) is 14.5. The van der Waals surface area contributed by atoms with E-state index in [9.17, 15) is 4.79 Å². The lowest BCUT2D eigenvalue weighted by Gasteiger charge is -2.30. The van der Waals surface area contributed by atoms with Gasteiger partial charge in [0.15, 0.2) is 0 Å². The molecule has 0 N–H and O–H groups in total. The molecule has 0 aliphatic carbocycles. The summed E-state index contributed by atoms with van der Waals surface area (Å²) < 4.78 is 10.1. The van der Waals surface area contributed by atoms with Crippen molar-refractivity contribution >= 4 is 5.91 Å². The van der Waals surface area contributed by atoms with Crippen molar-refractivity contribution in [3.8, 4) is 11.4 Å². The fourth-order valence-corrected chi connectivity index (χ4v) is 3.18. The van der Waals surface area contributed by atoms with Crippen molar-refractivity contribution in [1.82, 2.24) is 25.4 Å². The molecule has 2 aromatic heterocycles. The summed E-state index contributed by atoms with van der Waals surface area (Å²) in [5.41, 5.74) is 2.15. The van der Waals surface area contributed by atoms with E-state index in [-0.39, 0.29) is 18.2 Å². The third kappa shape index (κ3) is 3.35. The van der Waals surface area contributed by atoms with E-state index < -0.39 is 0 Å². The lowest BCUT2D eigenvalue weighted by atomic mass is 9.97. The monoisotopic (exact) mass is 353 g/mol. The predicted molar refractivity (Wildman–Crippen MR) is 91.0 cm³/mol. The van der Waals surface area contributed by atoms with Crippen molar-refractivity contribution < 1.29 is 13.9 Å². The maximum Gasteiger partial charge on any atom is 0.231 e. The van der Waals surface area contributed by atoms with Gasteiger partial charge in [0.2, 0.25) is 17.6 Å². The molecule has 1 amide bonds. The van der Waals surface area contributed by atoms with Crippen LogP contribution < -0.4 is 0 Å². The molecule has 1 fully saturated rings. The summed E-state index contributed by atoms with van der Waals surface area (Å²) in [5, 5.41) is 11.6. The van der Waals surface area contributed by atoms with Gasteiger partial charge in [-0.15, -0.1) is 0 Å². The molecule has 1 atom stereocenters. The first-order chi connectivity index (χ1) is 12.7. The Labute approximate surface area is 150 Å². The van der Waals surface area contributed by atoms with Crippen LogP contribution in [-0.2, 0) is 11.2 Å². The van der Waals surface area contributed by atoms with Gasteiger partial charge in [0, 0.05) is 18.7 Å². The first-order valence-electron chi connectivity index (χ1n) is 8.65. The quantitative estimate of drug-likeness (QED) is 0.710. The van der Waals surface area contributed by atoms with Gasteiger partial charge in [-0.3, -0.25) is 4.79 Å². The third-order valence-electron chi connectivity index (χ3n) is 4.66. The Balaban J connectivity index is 1.44. The standard InChI is InChI=1S/C18H19N5O3/c1-12-15(21-26-20-12)10-16(24)23-9-5-8-14(11-23)18-19-17(22-25-18)13-6-3-2-4-7-13/h2-4,6-7,14H,5,8-11H2,1H3/t14-/m1/s1. The number of nitrogens with zero attached hydrogens (tertiary/aromatic N) is 5. The molecule has 1 aliphatic heterocycles. The number of likely N-dealkylation sites (tertiary alicyclic amines) is 1. The Morgan fingerprint density at radius 3 is 2.85 bits per heavy atom. The second kappa shape index (κ2) is 7.07. The van der Waals surface area contributed by atoms with Crippen LogP contribution in [-0.4, -0.2) is 44.4 Å². The maximum atomic E-state index is 12.6. The molecule has 0 radical (unpaired) electrons. The average Bonchev–Trinajstić information content (AvgIpc) is 3.32. The van der Waals surface area contributed by atoms with Crippen LogP contribution in [0.25, 0.3) is 11.4 Å². The molecular formula is C18H19N5O3. The molecule has 1 aromatic carbocycles. The van der Waals surface area contributed by atoms with Crippen LogP contribution >= 0.6 is 0 Å². The fourth-order valence-electron chi connectivity index (χ4n) is 3.18. The van der Waals surface area contributed by atoms with E-state index in [1.54, 1.807) is 6.92 Å². The Bertz CT molecular complexity index is 889. The molecule has 3 heterocycles. The number of aryl methyl sites for hydroxylation is 1. The molecule has 0 bridgehead atoms. The van der Waals surface area contributed by atoms with Crippen LogP contribution in [0.3, 0.4) is 0 Å². The van der Waals surface area contributed by atoms with Gasteiger partial charge in [0.1, 0.15) is 11.4 Å². The minimum Gasteiger partial charge on any atom is -0.342 e. The Hall–Kier alpha value is -3.03. The first-order valence-corrected chi connectivity index (χ1v) is 8.65. The number of rotatable bonds is 4. The average molecular weight is 353 g/mol. The summed E-state index contributed by atoms with van der Waals surface area (Å²) in [4.78, 5) is 18.9. The largest absolute Gasteiger partial charge is 0.342 e. The van der Waals surface area contributed by atoms with Crippen LogP contribution in [0, 0.1) is 6.92 Å². The maximum absolute atomic E-state index is 12.6. The van der Waals surface area contributed by atoms with Gasteiger partial charge < -0.3 is 9.42 Å². The Morgan fingerprint density at radius 1 is 1.23 bits per heavy atom. The Kier molecular flexibility index (Phi) is 4.47. The summed E-state index contributed by atoms with van der Waals surface area (Å²) in [7, 11) is 0. The molecule has 1 saturated heterocycles. The lowest BCUT2D eigenvalue weighted by molar-refractivity contribution is -0.131. The topological polar surface area (TPSA) is 98.2 Å². The summed E-state index contributed by atoms with van der Waals surface area (Å²) in [5.74, 6) is 1.22. The van der Waals surface area contributed by atoms with E-state index in [4.69, 9.17) is 4.52 Å². The SMILES string of the molecule is Cc1nonc1CC(=O)N1CCC[C@@H](c2nc(-c3ccccc3)no2)C1. The number of benzene rings is 1. The molecule has 3 aromatic rings. The van der Waals surface area contributed by atoms with E-state index in [1.807, 2.05) is 35.2 Å². The summed E-state index contributed by atoms with van der Waals surface area (Å²) in [6, 6.07) is 9.71. The lowest BCUT2D eigenvalue weighted by Crippen LogP contribution is -2.40. The van der Waals surface area contributed by atoms with Crippen LogP contribution in [0.2, 0.25) is 0 Å². The summed E-state index contributed by atoms with van der Waals surface area (Å²) in [6.45, 7) is 3.07. The van der Waals surface area contributed by atoms with E-state index in [0.717, 1.165) is 24.9 Å². The number of carbonyl (C=O) groups is 1. The highest BCUT2D eigenvalue weighted by Crippen LogP contribution is 2.28. The van der Waals surface area contributed by atoms with Crippen molar-refractivity contribution in [3.63, 3.8) is 0 Å². The zero-order chi connectivity index (χ0) is 17.9. The van der Waals surface area contributed by atoms with Crippen molar-refractivity contribution in [2.45, 2.75) is 32.1 Å². The highest BCUT2D eigenvalue weighted by atomic mass is 16.6. The number of piperidine rings is 1. The molecule has 4 rings (SSSR count). The second-order valence-electron chi connectivity index (χ2n) is 6.47. The van der Waals surface area contributed by atoms with E-state index in [2.05, 4.69) is 25.1 Å². The van der Waals surface area contributed by atoms with Gasteiger partial charge in [-0.1, -0.05) is 45.8 Å². The molecule has 1 aliphatic rings. The molecular weight excluding hydrogens is 334 g/mol. The number of hydrogen-bond donors (Lipinski definition) is 0. The molecule has 0 spiro atoms. The first kappa shape index (κ1) is 16.4. The number of hydrogen-bond acceptors (Lipinski definition) is 7. The molecule has 8 nitrogen and oxygen atoms in total. The van der Waals surface area contributed by atoms with Crippen LogP contribution in [0.5, 0.6) is 0 Å². The summed E-state index contributed by atoms with van der Waals surface area (Å²) in [6.07, 6.45) is 2.02. The molecule has 26 heavy (non-hydrogen) atoms. The molecule has 0 saturated carbocycles. The minimum absolute atomic E-state index is 0.0105. The van der Waals surface area contributed by atoms with Gasteiger partial charge in [0.25, 0.3) is 0 Å². The van der Waals surface area contributed by atoms with Crippen molar-refractivity contribution in [1.29, 1.82) is 0 Å². The summed E-state index contributed by atoms with van der Waals surface area (Å²) >= 11 is 0. The molecule has 0 unspecified atom stereocenters. The van der Waals surface area contributed by atoms with Gasteiger partial charge in [-0.25, -0.2) is 4.63 Å². The number of amides is 1. The minimum atomic E-state index is 0.0105. The number of carbonyl (C=O) groups excluding carboxylic acids is 1. The van der Waals surface area contributed by atoms with E-state index in [1.165, 1.54) is 0 Å². The second-order valence-corrected chi connectivity index (χ2v) is 6.47. The van der Waals surface area contributed by atoms with Crippen LogP contribution in [0.1, 0.15) is 36.0 Å². The highest BCUT2D eigenvalue weighted by molar-refractivity contribution is 5.78. The normalized spacial score (nSPS) is 17.4. The molecule has 8 heteroatoms. The smallest absolute Gasteiger partial charge is 0.231 e. The fraction of sp³-hybridized carbons (Fsp3) is 0.389. The Morgan fingerprint density at radius 2 is 2.08 bits per heavy atom. The van der Waals surface area contributed by atoms with Crippen molar-refractivity contribution in [3.05, 3.63) is 47.6 Å². The van der Waals surface area contributed by atoms with Crippen LogP contribution in [0.15, 0.2) is 39.5 Å². The molecule has 134 valence electrons. The predicted octanol–water partition coefficient (Wildman–Crippen LogP) is 2.38. The van der Waals surface area contributed by atoms with Gasteiger partial charge >= 0.3 is 0 Å². The van der Waals surface area contributed by atoms with Crippen molar-refractivity contribution in [2.24, 2.45) is 0 Å². The van der Waals surface area contributed by atoms with Gasteiger partial charge in [-0.05, 0) is 19.8 Å².